The van der Waals surface area contributed by atoms with Gasteiger partial charge >= 0.3 is 5.63 Å². The standard InChI is InChI=1S/C20H20ClNO2S/c1-13-8-19-17(10-18(13)21)15(9-20(23)24-19)12-22(2)11-14-4-6-16(25-3)7-5-14/h4-10H,11-12H2,1-3H3. The van der Waals surface area contributed by atoms with Gasteiger partial charge in [-0.1, -0.05) is 23.7 Å². The van der Waals surface area contributed by atoms with Crippen LogP contribution in [0.2, 0.25) is 5.02 Å². The molecule has 25 heavy (non-hydrogen) atoms. The third kappa shape index (κ3) is 4.27. The second-order valence-electron chi connectivity index (χ2n) is 6.21. The highest BCUT2D eigenvalue weighted by atomic mass is 35.5. The van der Waals surface area contributed by atoms with Gasteiger partial charge in [0.2, 0.25) is 0 Å². The molecule has 0 unspecified atom stereocenters. The Bertz CT molecular complexity index is 950. The van der Waals surface area contributed by atoms with Crippen molar-refractivity contribution in [2.75, 3.05) is 13.3 Å². The molecule has 0 saturated heterocycles. The van der Waals surface area contributed by atoms with Crippen LogP contribution in [0.25, 0.3) is 11.0 Å². The van der Waals surface area contributed by atoms with Gasteiger partial charge in [0.1, 0.15) is 5.58 Å². The summed E-state index contributed by atoms with van der Waals surface area (Å²) in [5.41, 5.74) is 3.32. The molecule has 3 aromatic rings. The lowest BCUT2D eigenvalue weighted by Crippen LogP contribution is -2.18. The van der Waals surface area contributed by atoms with Crippen molar-refractivity contribution in [3.63, 3.8) is 0 Å². The van der Waals surface area contributed by atoms with Crippen molar-refractivity contribution in [2.24, 2.45) is 0 Å². The lowest BCUT2D eigenvalue weighted by Gasteiger charge is -2.18. The number of fused-ring (bicyclic) bond motifs is 1. The van der Waals surface area contributed by atoms with E-state index in [0.29, 0.717) is 17.2 Å². The zero-order chi connectivity index (χ0) is 18.0. The summed E-state index contributed by atoms with van der Waals surface area (Å²) in [6, 6.07) is 13.8. The van der Waals surface area contributed by atoms with E-state index in [0.717, 1.165) is 23.1 Å². The third-order valence-electron chi connectivity index (χ3n) is 4.16. The van der Waals surface area contributed by atoms with Crippen molar-refractivity contribution in [1.82, 2.24) is 4.90 Å². The Kier molecular flexibility index (Phi) is 5.52. The maximum atomic E-state index is 11.9. The van der Waals surface area contributed by atoms with E-state index in [2.05, 4.69) is 35.4 Å². The Labute approximate surface area is 156 Å². The minimum absolute atomic E-state index is 0.332. The van der Waals surface area contributed by atoms with Gasteiger partial charge in [-0.3, -0.25) is 4.90 Å². The summed E-state index contributed by atoms with van der Waals surface area (Å²) >= 11 is 7.99. The first-order chi connectivity index (χ1) is 12.0. The van der Waals surface area contributed by atoms with Crippen LogP contribution in [0.5, 0.6) is 0 Å². The van der Waals surface area contributed by atoms with Gasteiger partial charge in [0, 0.05) is 34.5 Å². The molecule has 5 heteroatoms. The quantitative estimate of drug-likeness (QED) is 0.459. The number of aryl methyl sites for hydroxylation is 1. The fourth-order valence-corrected chi connectivity index (χ4v) is 3.44. The number of rotatable bonds is 5. The molecule has 0 aliphatic rings. The smallest absolute Gasteiger partial charge is 0.336 e. The molecule has 3 rings (SSSR count). The van der Waals surface area contributed by atoms with Crippen LogP contribution in [0.1, 0.15) is 16.7 Å². The molecule has 0 N–H and O–H groups in total. The summed E-state index contributed by atoms with van der Waals surface area (Å²) in [4.78, 5) is 15.3. The highest BCUT2D eigenvalue weighted by molar-refractivity contribution is 7.98. The number of hydrogen-bond donors (Lipinski definition) is 0. The van der Waals surface area contributed by atoms with Crippen molar-refractivity contribution in [1.29, 1.82) is 0 Å². The second-order valence-corrected chi connectivity index (χ2v) is 7.50. The number of halogens is 1. The van der Waals surface area contributed by atoms with Gasteiger partial charge in [0.05, 0.1) is 0 Å². The SMILES string of the molecule is CSc1ccc(CN(C)Cc2cc(=O)oc3cc(C)c(Cl)cc23)cc1. The Morgan fingerprint density at radius 2 is 1.84 bits per heavy atom. The molecule has 0 radical (unpaired) electrons. The molecule has 2 aromatic carbocycles. The van der Waals surface area contributed by atoms with Crippen molar-refractivity contribution in [3.8, 4) is 0 Å². The molecular formula is C20H20ClNO2S. The molecule has 1 aromatic heterocycles. The van der Waals surface area contributed by atoms with E-state index >= 15 is 0 Å². The fourth-order valence-electron chi connectivity index (χ4n) is 2.87. The first-order valence-electron chi connectivity index (χ1n) is 8.00. The van der Waals surface area contributed by atoms with Crippen LogP contribution in [-0.4, -0.2) is 18.2 Å². The molecule has 0 fully saturated rings. The average Bonchev–Trinajstić information content (AvgIpc) is 2.57. The van der Waals surface area contributed by atoms with Crippen LogP contribution >= 0.6 is 23.4 Å². The molecule has 0 aliphatic carbocycles. The third-order valence-corrected chi connectivity index (χ3v) is 5.31. The lowest BCUT2D eigenvalue weighted by molar-refractivity contribution is 0.319. The fraction of sp³-hybridized carbons (Fsp3) is 0.250. The summed E-state index contributed by atoms with van der Waals surface area (Å²) in [5, 5.41) is 1.57. The van der Waals surface area contributed by atoms with Crippen LogP contribution in [0.4, 0.5) is 0 Å². The van der Waals surface area contributed by atoms with Gasteiger partial charge in [-0.15, -0.1) is 11.8 Å². The molecule has 3 nitrogen and oxygen atoms in total. The molecule has 0 atom stereocenters. The monoisotopic (exact) mass is 373 g/mol. The van der Waals surface area contributed by atoms with E-state index in [1.54, 1.807) is 17.8 Å². The van der Waals surface area contributed by atoms with E-state index in [1.807, 2.05) is 26.1 Å². The van der Waals surface area contributed by atoms with E-state index in [-0.39, 0.29) is 5.63 Å². The predicted molar refractivity (Wildman–Crippen MR) is 106 cm³/mol. The van der Waals surface area contributed by atoms with Crippen molar-refractivity contribution < 1.29 is 4.42 Å². The molecule has 0 aliphatic heterocycles. The highest BCUT2D eigenvalue weighted by Gasteiger charge is 2.11. The van der Waals surface area contributed by atoms with E-state index in [4.69, 9.17) is 16.0 Å². The minimum Gasteiger partial charge on any atom is -0.423 e. The topological polar surface area (TPSA) is 33.5 Å². The molecule has 130 valence electrons. The average molecular weight is 374 g/mol. The van der Waals surface area contributed by atoms with E-state index in [1.165, 1.54) is 10.5 Å². The van der Waals surface area contributed by atoms with Gasteiger partial charge in [-0.25, -0.2) is 4.79 Å². The van der Waals surface area contributed by atoms with Crippen LogP contribution in [0.3, 0.4) is 0 Å². The van der Waals surface area contributed by atoms with Gasteiger partial charge in [0.15, 0.2) is 0 Å². The summed E-state index contributed by atoms with van der Waals surface area (Å²) < 4.78 is 5.33. The Morgan fingerprint density at radius 3 is 2.52 bits per heavy atom. The maximum absolute atomic E-state index is 11.9. The van der Waals surface area contributed by atoms with Gasteiger partial charge in [0.25, 0.3) is 0 Å². The molecule has 0 saturated carbocycles. The van der Waals surface area contributed by atoms with Crippen LogP contribution in [-0.2, 0) is 13.1 Å². The Hall–Kier alpha value is -1.75. The van der Waals surface area contributed by atoms with E-state index < -0.39 is 0 Å². The zero-order valence-corrected chi connectivity index (χ0v) is 16.1. The number of benzene rings is 2. The van der Waals surface area contributed by atoms with Gasteiger partial charge < -0.3 is 4.42 Å². The minimum atomic E-state index is -0.332. The van der Waals surface area contributed by atoms with Crippen molar-refractivity contribution in [2.45, 2.75) is 24.9 Å². The van der Waals surface area contributed by atoms with E-state index in [9.17, 15) is 4.79 Å². The van der Waals surface area contributed by atoms with Crippen molar-refractivity contribution >= 4 is 34.3 Å². The summed E-state index contributed by atoms with van der Waals surface area (Å²) in [6.45, 7) is 3.35. The molecule has 1 heterocycles. The molecule has 0 amide bonds. The number of thioether (sulfide) groups is 1. The normalized spacial score (nSPS) is 11.4. The summed E-state index contributed by atoms with van der Waals surface area (Å²) in [5.74, 6) is 0. The van der Waals surface area contributed by atoms with Gasteiger partial charge in [-0.05, 0) is 61.2 Å². The molecule has 0 bridgehead atoms. The zero-order valence-electron chi connectivity index (χ0n) is 14.5. The number of nitrogens with zero attached hydrogens (tertiary/aromatic N) is 1. The highest BCUT2D eigenvalue weighted by Crippen LogP contribution is 2.26. The second kappa shape index (κ2) is 7.65. The van der Waals surface area contributed by atoms with Crippen molar-refractivity contribution in [3.05, 3.63) is 74.6 Å². The molecular weight excluding hydrogens is 354 g/mol. The Morgan fingerprint density at radius 1 is 1.12 bits per heavy atom. The van der Waals surface area contributed by atoms with Crippen LogP contribution in [0.15, 0.2) is 56.6 Å². The largest absolute Gasteiger partial charge is 0.423 e. The van der Waals surface area contributed by atoms with Crippen LogP contribution < -0.4 is 5.63 Å². The summed E-state index contributed by atoms with van der Waals surface area (Å²) in [7, 11) is 2.04. The predicted octanol–water partition coefficient (Wildman–Crippen LogP) is 5.11. The first kappa shape index (κ1) is 18.1. The van der Waals surface area contributed by atoms with Gasteiger partial charge in [-0.2, -0.15) is 0 Å². The lowest BCUT2D eigenvalue weighted by atomic mass is 10.1. The molecule has 0 spiro atoms. The maximum Gasteiger partial charge on any atom is 0.336 e. The first-order valence-corrected chi connectivity index (χ1v) is 9.61. The number of hydrogen-bond acceptors (Lipinski definition) is 4. The Balaban J connectivity index is 1.86. The summed E-state index contributed by atoms with van der Waals surface area (Å²) in [6.07, 6.45) is 2.07. The van der Waals surface area contributed by atoms with Crippen LogP contribution in [0, 0.1) is 6.92 Å².